The smallest absolute Gasteiger partial charge is 0.187 e. The van der Waals surface area contributed by atoms with E-state index in [0.717, 1.165) is 27.8 Å². The molecular weight excluding hydrogens is 360 g/mol. The Kier molecular flexibility index (Phi) is 5.98. The third kappa shape index (κ3) is 4.08. The Morgan fingerprint density at radius 1 is 1.05 bits per heavy atom. The lowest BCUT2D eigenvalue weighted by molar-refractivity contribution is -0.00000472. The van der Waals surface area contributed by atoms with Crippen LogP contribution in [0.15, 0.2) is 60.0 Å². The molecule has 1 aromatic heterocycles. The first-order valence-corrected chi connectivity index (χ1v) is 7.74. The third-order valence-electron chi connectivity index (χ3n) is 2.99. The Morgan fingerprint density at radius 3 is 2.45 bits per heavy atom. The summed E-state index contributed by atoms with van der Waals surface area (Å²) in [5.74, 6) is 0.888. The Balaban J connectivity index is 0.00000176. The molecule has 1 N–H and O–H groups in total. The average Bonchev–Trinajstić information content (AvgIpc) is 2.98. The van der Waals surface area contributed by atoms with Gasteiger partial charge >= 0.3 is 0 Å². The number of benzene rings is 2. The summed E-state index contributed by atoms with van der Waals surface area (Å²) in [5, 5.41) is 6.26. The lowest BCUT2D eigenvalue weighted by Gasteiger charge is -2.03. The molecule has 3 nitrogen and oxygen atoms in total. The van der Waals surface area contributed by atoms with Crippen LogP contribution in [0, 0.1) is 0 Å². The van der Waals surface area contributed by atoms with E-state index in [-0.39, 0.29) is 17.0 Å². The van der Waals surface area contributed by atoms with Crippen molar-refractivity contribution >= 4 is 22.2 Å². The number of hydrogen-bond donors (Lipinski definition) is 1. The van der Waals surface area contributed by atoms with Gasteiger partial charge < -0.3 is 27.0 Å². The van der Waals surface area contributed by atoms with Gasteiger partial charge in [-0.05, 0) is 43.3 Å². The summed E-state index contributed by atoms with van der Waals surface area (Å²) in [6.45, 7) is 2.66. The van der Waals surface area contributed by atoms with Crippen molar-refractivity contribution in [1.29, 1.82) is 0 Å². The van der Waals surface area contributed by atoms with Crippen molar-refractivity contribution in [2.24, 2.45) is 0 Å². The van der Waals surface area contributed by atoms with Crippen molar-refractivity contribution in [2.45, 2.75) is 6.92 Å². The summed E-state index contributed by atoms with van der Waals surface area (Å²) in [6.07, 6.45) is 0. The number of aromatic nitrogens is 1. The van der Waals surface area contributed by atoms with Gasteiger partial charge in [0.1, 0.15) is 5.75 Å². The zero-order chi connectivity index (χ0) is 14.5. The molecule has 0 unspecified atom stereocenters. The summed E-state index contributed by atoms with van der Waals surface area (Å²) >= 11 is 1.60. The molecule has 1 heterocycles. The standard InChI is InChI=1S/C17H16N2OS.BrH/c1-2-20-15-10-8-13(9-11-15)16-12-21-17(19-16)18-14-6-4-3-5-7-14;/h3-12H,2H2,1H3,(H,18,19);1H/p-1. The number of ether oxygens (including phenoxy) is 1. The molecule has 2 aromatic carbocycles. The molecule has 114 valence electrons. The van der Waals surface area contributed by atoms with Gasteiger partial charge in [0.05, 0.1) is 12.3 Å². The summed E-state index contributed by atoms with van der Waals surface area (Å²) in [5.41, 5.74) is 3.11. The van der Waals surface area contributed by atoms with Crippen molar-refractivity contribution < 1.29 is 21.7 Å². The van der Waals surface area contributed by atoms with Crippen LogP contribution in [-0.4, -0.2) is 11.6 Å². The van der Waals surface area contributed by atoms with E-state index >= 15 is 0 Å². The van der Waals surface area contributed by atoms with Crippen molar-refractivity contribution in [2.75, 3.05) is 11.9 Å². The van der Waals surface area contributed by atoms with Crippen molar-refractivity contribution in [1.82, 2.24) is 4.98 Å². The van der Waals surface area contributed by atoms with Crippen LogP contribution in [0.4, 0.5) is 10.8 Å². The van der Waals surface area contributed by atoms with Gasteiger partial charge in [-0.3, -0.25) is 0 Å². The molecule has 3 rings (SSSR count). The van der Waals surface area contributed by atoms with Crippen LogP contribution >= 0.6 is 11.3 Å². The van der Waals surface area contributed by atoms with Gasteiger partial charge in [-0.15, -0.1) is 11.3 Å². The van der Waals surface area contributed by atoms with Crippen molar-refractivity contribution in [3.05, 3.63) is 60.0 Å². The number of nitrogens with one attached hydrogen (secondary N) is 1. The van der Waals surface area contributed by atoms with Crippen LogP contribution in [-0.2, 0) is 0 Å². The van der Waals surface area contributed by atoms with E-state index < -0.39 is 0 Å². The SMILES string of the molecule is CCOc1ccc(-c2csc(Nc3ccccc3)n2)cc1.[Br-]. The molecule has 0 fully saturated rings. The van der Waals surface area contributed by atoms with Gasteiger partial charge in [0.15, 0.2) is 5.13 Å². The monoisotopic (exact) mass is 375 g/mol. The predicted molar refractivity (Wildman–Crippen MR) is 88.4 cm³/mol. The number of para-hydroxylation sites is 1. The van der Waals surface area contributed by atoms with Crippen LogP contribution in [0.5, 0.6) is 5.75 Å². The van der Waals surface area contributed by atoms with E-state index in [9.17, 15) is 0 Å². The molecule has 0 aliphatic carbocycles. The minimum absolute atomic E-state index is 0. The molecule has 0 atom stereocenters. The Morgan fingerprint density at radius 2 is 1.77 bits per heavy atom. The highest BCUT2D eigenvalue weighted by Crippen LogP contribution is 2.28. The number of anilines is 2. The maximum atomic E-state index is 5.45. The Hall–Kier alpha value is -1.85. The van der Waals surface area contributed by atoms with Gasteiger partial charge in [-0.25, -0.2) is 4.98 Å². The van der Waals surface area contributed by atoms with E-state index in [0.29, 0.717) is 6.61 Å². The molecule has 0 saturated heterocycles. The highest BCUT2D eigenvalue weighted by Gasteiger charge is 2.05. The number of halogens is 1. The average molecular weight is 376 g/mol. The third-order valence-corrected chi connectivity index (χ3v) is 3.75. The van der Waals surface area contributed by atoms with Crippen LogP contribution in [0.3, 0.4) is 0 Å². The normalized spacial score (nSPS) is 9.86. The van der Waals surface area contributed by atoms with Gasteiger partial charge in [0.2, 0.25) is 0 Å². The van der Waals surface area contributed by atoms with E-state index in [2.05, 4.69) is 15.7 Å². The highest BCUT2D eigenvalue weighted by molar-refractivity contribution is 7.14. The van der Waals surface area contributed by atoms with Gasteiger partial charge in [0, 0.05) is 16.6 Å². The minimum Gasteiger partial charge on any atom is -1.00 e. The number of nitrogens with zero attached hydrogens (tertiary/aromatic N) is 1. The predicted octanol–water partition coefficient (Wildman–Crippen LogP) is 1.96. The molecule has 0 aliphatic rings. The van der Waals surface area contributed by atoms with E-state index in [1.807, 2.05) is 61.5 Å². The molecule has 5 heteroatoms. The molecular formula is C17H16BrN2OS-. The molecule has 0 amide bonds. The first kappa shape index (κ1) is 16.5. The van der Waals surface area contributed by atoms with Gasteiger partial charge in [-0.2, -0.15) is 0 Å². The summed E-state index contributed by atoms with van der Waals surface area (Å²) in [4.78, 5) is 4.62. The maximum absolute atomic E-state index is 5.45. The van der Waals surface area contributed by atoms with E-state index in [1.54, 1.807) is 11.3 Å². The summed E-state index contributed by atoms with van der Waals surface area (Å²) < 4.78 is 5.45. The number of thiazole rings is 1. The molecule has 0 aliphatic heterocycles. The number of rotatable bonds is 5. The second kappa shape index (κ2) is 7.96. The Bertz CT molecular complexity index is 698. The topological polar surface area (TPSA) is 34.1 Å². The molecule has 0 bridgehead atoms. The zero-order valence-electron chi connectivity index (χ0n) is 12.1. The van der Waals surface area contributed by atoms with Gasteiger partial charge in [-0.1, -0.05) is 18.2 Å². The first-order chi connectivity index (χ1) is 10.3. The fraction of sp³-hybridized carbons (Fsp3) is 0.118. The molecule has 0 saturated carbocycles. The second-order valence-corrected chi connectivity index (χ2v) is 5.34. The van der Waals surface area contributed by atoms with Crippen LogP contribution in [0.2, 0.25) is 0 Å². The van der Waals surface area contributed by atoms with E-state index in [4.69, 9.17) is 4.74 Å². The van der Waals surface area contributed by atoms with E-state index in [1.165, 1.54) is 0 Å². The molecule has 0 spiro atoms. The molecule has 22 heavy (non-hydrogen) atoms. The highest BCUT2D eigenvalue weighted by atomic mass is 79.9. The van der Waals surface area contributed by atoms with Crippen LogP contribution in [0.25, 0.3) is 11.3 Å². The summed E-state index contributed by atoms with van der Waals surface area (Å²) in [7, 11) is 0. The largest absolute Gasteiger partial charge is 1.00 e. The summed E-state index contributed by atoms with van der Waals surface area (Å²) in [6, 6.07) is 18.1. The fourth-order valence-electron chi connectivity index (χ4n) is 2.00. The van der Waals surface area contributed by atoms with Crippen LogP contribution < -0.4 is 27.0 Å². The molecule has 0 radical (unpaired) electrons. The lowest BCUT2D eigenvalue weighted by Crippen LogP contribution is -3.00. The van der Waals surface area contributed by atoms with Gasteiger partial charge in [0.25, 0.3) is 0 Å². The second-order valence-electron chi connectivity index (χ2n) is 4.49. The minimum atomic E-state index is 0. The Labute approximate surface area is 144 Å². The number of hydrogen-bond acceptors (Lipinski definition) is 4. The van der Waals surface area contributed by atoms with Crippen molar-refractivity contribution in [3.63, 3.8) is 0 Å². The zero-order valence-corrected chi connectivity index (χ0v) is 14.5. The first-order valence-electron chi connectivity index (χ1n) is 6.86. The lowest BCUT2D eigenvalue weighted by atomic mass is 10.2. The maximum Gasteiger partial charge on any atom is 0.187 e. The van der Waals surface area contributed by atoms with Crippen molar-refractivity contribution in [3.8, 4) is 17.0 Å². The quantitative estimate of drug-likeness (QED) is 0.739. The van der Waals surface area contributed by atoms with Crippen LogP contribution in [0.1, 0.15) is 6.92 Å². The fourth-order valence-corrected chi connectivity index (χ4v) is 2.74. The molecule has 3 aromatic rings.